The Labute approximate surface area is 52.8 Å². The quantitative estimate of drug-likeness (QED) is 0.597. The Kier molecular flexibility index (Phi) is 1.28. The summed E-state index contributed by atoms with van der Waals surface area (Å²) in [5, 5.41) is 5.98. The van der Waals surface area contributed by atoms with Gasteiger partial charge in [-0.05, 0) is 6.07 Å². The van der Waals surface area contributed by atoms with Crippen molar-refractivity contribution in [2.75, 3.05) is 6.26 Å². The molecule has 0 amide bonds. The molecule has 0 spiro atoms. The molecule has 0 unspecified atom stereocenters. The number of hydrogen-bond donors (Lipinski definition) is 1. The van der Waals surface area contributed by atoms with Gasteiger partial charge in [0.2, 0.25) is 0 Å². The Hall–Kier alpha value is -0.840. The number of H-pyrrole nitrogens is 1. The fourth-order valence-electron chi connectivity index (χ4n) is 0.450. The molecule has 0 aromatic carbocycles. The third-order valence-corrected chi connectivity index (χ3v) is 1.90. The molecule has 1 heterocycles. The summed E-state index contributed by atoms with van der Waals surface area (Å²) >= 11 is 0. The van der Waals surface area contributed by atoms with E-state index in [-0.39, 0.29) is 5.03 Å². The van der Waals surface area contributed by atoms with Crippen LogP contribution in [0.15, 0.2) is 17.3 Å². The highest BCUT2D eigenvalue weighted by molar-refractivity contribution is 7.90. The number of nitrogens with one attached hydrogen (secondary N) is 1. The average molecular weight is 146 g/mol. The lowest BCUT2D eigenvalue weighted by molar-refractivity contribution is 0.598. The highest BCUT2D eigenvalue weighted by atomic mass is 32.2. The molecule has 0 aliphatic carbocycles. The zero-order chi connectivity index (χ0) is 6.91. The standard InChI is InChI=1S/C4H6N2O2S/c1-9(7,8)4-2-3-5-6-4/h2-3H,1H3,(H,5,6). The first-order valence-corrected chi connectivity index (χ1v) is 4.19. The number of rotatable bonds is 1. The molecule has 4 nitrogen and oxygen atoms in total. The second-order valence-electron chi connectivity index (χ2n) is 1.69. The lowest BCUT2D eigenvalue weighted by Gasteiger charge is -1.86. The van der Waals surface area contributed by atoms with Gasteiger partial charge in [0.05, 0.1) is 6.20 Å². The zero-order valence-corrected chi connectivity index (χ0v) is 5.64. The van der Waals surface area contributed by atoms with E-state index < -0.39 is 9.84 Å². The number of aromatic amines is 1. The minimum Gasteiger partial charge on any atom is -0.267 e. The molecular weight excluding hydrogens is 140 g/mol. The highest BCUT2D eigenvalue weighted by Gasteiger charge is 2.05. The molecule has 0 aliphatic heterocycles. The van der Waals surface area contributed by atoms with Crippen LogP contribution in [0.2, 0.25) is 0 Å². The van der Waals surface area contributed by atoms with E-state index in [0.717, 1.165) is 6.26 Å². The zero-order valence-electron chi connectivity index (χ0n) is 4.83. The van der Waals surface area contributed by atoms with Gasteiger partial charge in [0.15, 0.2) is 9.84 Å². The van der Waals surface area contributed by atoms with Crippen molar-refractivity contribution in [1.82, 2.24) is 10.2 Å². The maximum atomic E-state index is 10.6. The van der Waals surface area contributed by atoms with Crippen molar-refractivity contribution in [1.29, 1.82) is 0 Å². The van der Waals surface area contributed by atoms with Gasteiger partial charge in [-0.2, -0.15) is 5.10 Å². The van der Waals surface area contributed by atoms with Crippen LogP contribution < -0.4 is 0 Å². The molecule has 0 aliphatic rings. The topological polar surface area (TPSA) is 62.8 Å². The molecule has 1 N–H and O–H groups in total. The van der Waals surface area contributed by atoms with E-state index in [9.17, 15) is 8.42 Å². The molecule has 0 fully saturated rings. The SMILES string of the molecule is CS(=O)(=O)c1ccn[nH]1. The van der Waals surface area contributed by atoms with Crippen molar-refractivity contribution in [3.8, 4) is 0 Å². The van der Waals surface area contributed by atoms with E-state index in [4.69, 9.17) is 0 Å². The highest BCUT2D eigenvalue weighted by Crippen LogP contribution is 1.99. The molecule has 50 valence electrons. The van der Waals surface area contributed by atoms with Crippen molar-refractivity contribution in [3.05, 3.63) is 12.3 Å². The minimum atomic E-state index is -3.08. The first kappa shape index (κ1) is 6.28. The molecular formula is C4H6N2O2S. The lowest BCUT2D eigenvalue weighted by Crippen LogP contribution is -1.96. The molecule has 0 saturated heterocycles. The second-order valence-corrected chi connectivity index (χ2v) is 3.68. The second kappa shape index (κ2) is 1.84. The smallest absolute Gasteiger partial charge is 0.192 e. The third-order valence-electron chi connectivity index (χ3n) is 0.875. The Bertz CT molecular complexity index is 274. The van der Waals surface area contributed by atoms with Crippen LogP contribution in [-0.2, 0) is 9.84 Å². The van der Waals surface area contributed by atoms with Gasteiger partial charge in [-0.25, -0.2) is 8.42 Å². The molecule has 0 bridgehead atoms. The Morgan fingerprint density at radius 3 is 2.56 bits per heavy atom. The number of aromatic nitrogens is 2. The van der Waals surface area contributed by atoms with Crippen molar-refractivity contribution >= 4 is 9.84 Å². The van der Waals surface area contributed by atoms with Crippen molar-refractivity contribution in [2.45, 2.75) is 5.03 Å². The van der Waals surface area contributed by atoms with E-state index in [1.165, 1.54) is 12.3 Å². The van der Waals surface area contributed by atoms with Gasteiger partial charge in [-0.1, -0.05) is 0 Å². The molecule has 1 aromatic rings. The molecule has 1 rings (SSSR count). The van der Waals surface area contributed by atoms with Crippen molar-refractivity contribution in [3.63, 3.8) is 0 Å². The fraction of sp³-hybridized carbons (Fsp3) is 0.250. The number of sulfone groups is 1. The summed E-state index contributed by atoms with van der Waals surface area (Å²) in [4.78, 5) is 0. The molecule has 0 saturated carbocycles. The predicted octanol–water partition coefficient (Wildman–Crippen LogP) is -0.187. The molecule has 5 heteroatoms. The summed E-state index contributed by atoms with van der Waals surface area (Å²) in [7, 11) is -3.08. The first-order valence-electron chi connectivity index (χ1n) is 2.30. The van der Waals surface area contributed by atoms with Gasteiger partial charge >= 0.3 is 0 Å². The summed E-state index contributed by atoms with van der Waals surface area (Å²) in [6.07, 6.45) is 2.52. The summed E-state index contributed by atoms with van der Waals surface area (Å²) < 4.78 is 21.2. The lowest BCUT2D eigenvalue weighted by atomic mass is 10.8. The van der Waals surface area contributed by atoms with Gasteiger partial charge in [0, 0.05) is 6.26 Å². The Balaban J connectivity index is 3.20. The Morgan fingerprint density at radius 1 is 1.67 bits per heavy atom. The summed E-state index contributed by atoms with van der Waals surface area (Å²) in [5.74, 6) is 0. The minimum absolute atomic E-state index is 0.155. The van der Waals surface area contributed by atoms with Crippen LogP contribution in [0, 0.1) is 0 Å². The van der Waals surface area contributed by atoms with Crippen LogP contribution >= 0.6 is 0 Å². The van der Waals surface area contributed by atoms with Crippen LogP contribution in [0.1, 0.15) is 0 Å². The molecule has 9 heavy (non-hydrogen) atoms. The first-order chi connectivity index (χ1) is 4.11. The summed E-state index contributed by atoms with van der Waals surface area (Å²) in [5.41, 5.74) is 0. The third kappa shape index (κ3) is 1.29. The van der Waals surface area contributed by atoms with Crippen molar-refractivity contribution < 1.29 is 8.42 Å². The fourth-order valence-corrected chi connectivity index (χ4v) is 0.976. The van der Waals surface area contributed by atoms with Gasteiger partial charge < -0.3 is 0 Å². The van der Waals surface area contributed by atoms with Gasteiger partial charge in [0.25, 0.3) is 0 Å². The summed E-state index contributed by atoms with van der Waals surface area (Å²) in [6.45, 7) is 0. The molecule has 1 aromatic heterocycles. The monoisotopic (exact) mass is 146 g/mol. The van der Waals surface area contributed by atoms with Crippen LogP contribution in [-0.4, -0.2) is 24.9 Å². The Morgan fingerprint density at radius 2 is 2.33 bits per heavy atom. The van der Waals surface area contributed by atoms with E-state index in [2.05, 4.69) is 10.2 Å². The normalized spacial score (nSPS) is 11.7. The van der Waals surface area contributed by atoms with Gasteiger partial charge in [-0.15, -0.1) is 0 Å². The molecule has 0 radical (unpaired) electrons. The number of nitrogens with zero attached hydrogens (tertiary/aromatic N) is 1. The van der Waals surface area contributed by atoms with Crippen LogP contribution in [0.25, 0.3) is 0 Å². The van der Waals surface area contributed by atoms with E-state index in [0.29, 0.717) is 0 Å². The van der Waals surface area contributed by atoms with Gasteiger partial charge in [0.1, 0.15) is 5.03 Å². The maximum absolute atomic E-state index is 10.6. The number of hydrogen-bond acceptors (Lipinski definition) is 3. The largest absolute Gasteiger partial charge is 0.267 e. The van der Waals surface area contributed by atoms with Gasteiger partial charge in [-0.3, -0.25) is 5.10 Å². The maximum Gasteiger partial charge on any atom is 0.192 e. The van der Waals surface area contributed by atoms with E-state index >= 15 is 0 Å². The van der Waals surface area contributed by atoms with E-state index in [1.54, 1.807) is 0 Å². The average Bonchev–Trinajstić information content (AvgIpc) is 2.08. The molecule has 0 atom stereocenters. The van der Waals surface area contributed by atoms with Crippen LogP contribution in [0.3, 0.4) is 0 Å². The van der Waals surface area contributed by atoms with Crippen molar-refractivity contribution in [2.24, 2.45) is 0 Å². The predicted molar refractivity (Wildman–Crippen MR) is 31.7 cm³/mol. The van der Waals surface area contributed by atoms with E-state index in [1.807, 2.05) is 0 Å². The van der Waals surface area contributed by atoms with Crippen LogP contribution in [0.5, 0.6) is 0 Å². The summed E-state index contributed by atoms with van der Waals surface area (Å²) in [6, 6.07) is 1.41. The van der Waals surface area contributed by atoms with Crippen LogP contribution in [0.4, 0.5) is 0 Å².